The molecule has 0 unspecified atom stereocenters. The van der Waals surface area contributed by atoms with Crippen molar-refractivity contribution in [3.05, 3.63) is 100 Å². The molecule has 5 heteroatoms. The van der Waals surface area contributed by atoms with Crippen LogP contribution in [0.2, 0.25) is 0 Å². The first-order chi connectivity index (χ1) is 13.8. The maximum Gasteiger partial charge on any atom is 0.335 e. The number of nitrogens with zero attached hydrogens (tertiary/aromatic N) is 1. The zero-order valence-electron chi connectivity index (χ0n) is 16.4. The molecule has 0 saturated heterocycles. The summed E-state index contributed by atoms with van der Waals surface area (Å²) in [5.74, 6) is -2.31. The average molecular weight is 389 g/mol. The van der Waals surface area contributed by atoms with E-state index in [0.717, 1.165) is 22.3 Å². The minimum Gasteiger partial charge on any atom is -0.478 e. The molecule has 0 fully saturated rings. The van der Waals surface area contributed by atoms with Crippen molar-refractivity contribution in [2.75, 3.05) is 4.90 Å². The van der Waals surface area contributed by atoms with Gasteiger partial charge in [0.05, 0.1) is 11.1 Å². The second kappa shape index (κ2) is 8.61. The van der Waals surface area contributed by atoms with Gasteiger partial charge in [-0.15, -0.1) is 0 Å². The van der Waals surface area contributed by atoms with Crippen LogP contribution in [0.5, 0.6) is 0 Å². The molecule has 0 aliphatic rings. The van der Waals surface area contributed by atoms with Gasteiger partial charge in [0.2, 0.25) is 0 Å². The van der Waals surface area contributed by atoms with Crippen LogP contribution < -0.4 is 4.90 Å². The zero-order chi connectivity index (χ0) is 21.0. The van der Waals surface area contributed by atoms with E-state index in [1.807, 2.05) is 67.3 Å². The van der Waals surface area contributed by atoms with E-state index in [-0.39, 0.29) is 11.1 Å². The molecule has 0 amide bonds. The Morgan fingerprint density at radius 3 is 1.41 bits per heavy atom. The predicted molar refractivity (Wildman–Crippen MR) is 113 cm³/mol. The van der Waals surface area contributed by atoms with Crippen molar-refractivity contribution in [3.63, 3.8) is 0 Å². The molecule has 5 nitrogen and oxygen atoms in total. The van der Waals surface area contributed by atoms with E-state index in [1.54, 1.807) is 0 Å². The summed E-state index contributed by atoms with van der Waals surface area (Å²) >= 11 is 0. The smallest absolute Gasteiger partial charge is 0.335 e. The van der Waals surface area contributed by atoms with Crippen molar-refractivity contribution in [2.45, 2.75) is 26.9 Å². The SMILES string of the molecule is Cc1ccc(CN(Cc2ccc(C)cc2)c2cc(C(=O)O)cc(C(=O)O)c2)cc1. The highest BCUT2D eigenvalue weighted by atomic mass is 16.4. The van der Waals surface area contributed by atoms with Crippen LogP contribution in [0.25, 0.3) is 0 Å². The number of benzene rings is 3. The Morgan fingerprint density at radius 1 is 0.690 bits per heavy atom. The summed E-state index contributed by atoms with van der Waals surface area (Å²) in [6, 6.07) is 20.4. The summed E-state index contributed by atoms with van der Waals surface area (Å²) in [6.45, 7) is 5.08. The Kier molecular flexibility index (Phi) is 5.98. The van der Waals surface area contributed by atoms with Crippen molar-refractivity contribution in [2.24, 2.45) is 0 Å². The number of rotatable bonds is 7. The molecule has 0 heterocycles. The number of hydrogen-bond acceptors (Lipinski definition) is 3. The number of aromatic carboxylic acids is 2. The van der Waals surface area contributed by atoms with Crippen molar-refractivity contribution in [1.82, 2.24) is 0 Å². The second-order valence-electron chi connectivity index (χ2n) is 7.21. The first-order valence-electron chi connectivity index (χ1n) is 9.29. The van der Waals surface area contributed by atoms with Crippen LogP contribution in [0, 0.1) is 13.8 Å². The standard InChI is InChI=1S/C24H23NO4/c1-16-3-7-18(8-4-16)14-25(15-19-9-5-17(2)6-10-19)22-12-20(23(26)27)11-21(13-22)24(28)29/h3-13H,14-15H2,1-2H3,(H,26,27)(H,28,29). The molecule has 3 rings (SSSR count). The van der Waals surface area contributed by atoms with Gasteiger partial charge >= 0.3 is 11.9 Å². The van der Waals surface area contributed by atoms with Crippen molar-refractivity contribution >= 4 is 17.6 Å². The molecular weight excluding hydrogens is 366 g/mol. The van der Waals surface area contributed by atoms with E-state index in [0.29, 0.717) is 18.8 Å². The molecule has 0 aromatic heterocycles. The summed E-state index contributed by atoms with van der Waals surface area (Å²) in [7, 11) is 0. The summed E-state index contributed by atoms with van der Waals surface area (Å²) in [5.41, 5.74) is 4.89. The zero-order valence-corrected chi connectivity index (χ0v) is 16.4. The number of carboxylic acid groups (broad SMARTS) is 2. The van der Waals surface area contributed by atoms with E-state index >= 15 is 0 Å². The van der Waals surface area contributed by atoms with Gasteiger partial charge in [-0.25, -0.2) is 9.59 Å². The minimum atomic E-state index is -1.15. The third-order valence-corrected chi connectivity index (χ3v) is 4.76. The van der Waals surface area contributed by atoms with Gasteiger partial charge in [-0.05, 0) is 43.2 Å². The molecule has 0 bridgehead atoms. The van der Waals surface area contributed by atoms with Gasteiger partial charge in [-0.2, -0.15) is 0 Å². The van der Waals surface area contributed by atoms with E-state index in [1.165, 1.54) is 18.2 Å². The number of carboxylic acids is 2. The molecule has 0 spiro atoms. The molecule has 3 aromatic rings. The normalized spacial score (nSPS) is 10.6. The fourth-order valence-corrected chi connectivity index (χ4v) is 3.11. The lowest BCUT2D eigenvalue weighted by Gasteiger charge is -2.26. The molecule has 29 heavy (non-hydrogen) atoms. The van der Waals surface area contributed by atoms with Gasteiger partial charge in [0.15, 0.2) is 0 Å². The Labute approximate surface area is 169 Å². The van der Waals surface area contributed by atoms with E-state index in [2.05, 4.69) is 0 Å². The van der Waals surface area contributed by atoms with Crippen molar-refractivity contribution in [1.29, 1.82) is 0 Å². The summed E-state index contributed by atoms with van der Waals surface area (Å²) in [4.78, 5) is 25.1. The van der Waals surface area contributed by atoms with Crippen LogP contribution in [0.15, 0.2) is 66.7 Å². The van der Waals surface area contributed by atoms with Gasteiger partial charge in [-0.1, -0.05) is 59.7 Å². The lowest BCUT2D eigenvalue weighted by atomic mass is 10.1. The molecule has 0 aliphatic carbocycles. The Bertz CT molecular complexity index is 944. The van der Waals surface area contributed by atoms with E-state index < -0.39 is 11.9 Å². The van der Waals surface area contributed by atoms with E-state index in [4.69, 9.17) is 0 Å². The molecule has 0 aliphatic heterocycles. The monoisotopic (exact) mass is 389 g/mol. The highest BCUT2D eigenvalue weighted by Crippen LogP contribution is 2.24. The fraction of sp³-hybridized carbons (Fsp3) is 0.167. The number of hydrogen-bond donors (Lipinski definition) is 2. The quantitative estimate of drug-likeness (QED) is 0.600. The van der Waals surface area contributed by atoms with Gasteiger partial charge in [0.1, 0.15) is 0 Å². The van der Waals surface area contributed by atoms with Crippen LogP contribution >= 0.6 is 0 Å². The van der Waals surface area contributed by atoms with Crippen LogP contribution in [0.4, 0.5) is 5.69 Å². The second-order valence-corrected chi connectivity index (χ2v) is 7.21. The lowest BCUT2D eigenvalue weighted by Crippen LogP contribution is -2.23. The summed E-state index contributed by atoms with van der Waals surface area (Å²) in [5, 5.41) is 18.9. The highest BCUT2D eigenvalue weighted by Gasteiger charge is 2.16. The lowest BCUT2D eigenvalue weighted by molar-refractivity contribution is 0.0696. The molecule has 3 aromatic carbocycles. The van der Waals surface area contributed by atoms with Crippen LogP contribution in [0.1, 0.15) is 43.0 Å². The largest absolute Gasteiger partial charge is 0.478 e. The van der Waals surface area contributed by atoms with Gasteiger partial charge in [-0.3, -0.25) is 0 Å². The Morgan fingerprint density at radius 2 is 1.07 bits per heavy atom. The third kappa shape index (κ3) is 5.23. The maximum absolute atomic E-state index is 11.5. The van der Waals surface area contributed by atoms with E-state index in [9.17, 15) is 19.8 Å². The maximum atomic E-state index is 11.5. The molecule has 0 radical (unpaired) electrons. The van der Waals surface area contributed by atoms with Crippen LogP contribution in [-0.2, 0) is 13.1 Å². The van der Waals surface area contributed by atoms with Crippen LogP contribution in [0.3, 0.4) is 0 Å². The highest BCUT2D eigenvalue weighted by molar-refractivity contribution is 5.95. The fourth-order valence-electron chi connectivity index (χ4n) is 3.11. The predicted octanol–water partition coefficient (Wildman–Crippen LogP) is 4.91. The summed E-state index contributed by atoms with van der Waals surface area (Å²) < 4.78 is 0. The molecule has 0 saturated carbocycles. The molecule has 0 atom stereocenters. The molecular formula is C24H23NO4. The molecule has 2 N–H and O–H groups in total. The average Bonchev–Trinajstić information content (AvgIpc) is 2.70. The van der Waals surface area contributed by atoms with Gasteiger partial charge < -0.3 is 15.1 Å². The number of carbonyl (C=O) groups is 2. The minimum absolute atomic E-state index is 0.0438. The van der Waals surface area contributed by atoms with Crippen molar-refractivity contribution in [3.8, 4) is 0 Å². The Hall–Kier alpha value is -3.60. The van der Waals surface area contributed by atoms with Gasteiger partial charge in [0.25, 0.3) is 0 Å². The van der Waals surface area contributed by atoms with Gasteiger partial charge in [0, 0.05) is 18.8 Å². The first kappa shape index (κ1) is 20.1. The Balaban J connectivity index is 2.03. The first-order valence-corrected chi connectivity index (χ1v) is 9.29. The summed E-state index contributed by atoms with van der Waals surface area (Å²) in [6.07, 6.45) is 0. The molecule has 148 valence electrons. The van der Waals surface area contributed by atoms with Crippen LogP contribution in [-0.4, -0.2) is 22.2 Å². The topological polar surface area (TPSA) is 77.8 Å². The number of aryl methyl sites for hydroxylation is 2. The number of anilines is 1. The third-order valence-electron chi connectivity index (χ3n) is 4.76. The van der Waals surface area contributed by atoms with Crippen molar-refractivity contribution < 1.29 is 19.8 Å².